The van der Waals surface area contributed by atoms with Gasteiger partial charge in [0.2, 0.25) is 0 Å². The third-order valence-electron chi connectivity index (χ3n) is 2.53. The number of hydrogen-bond donors (Lipinski definition) is 0. The second-order valence-corrected chi connectivity index (χ2v) is 3.82. The molecular weight excluding hydrogens is 202 g/mol. The molecule has 4 heteroatoms. The van der Waals surface area contributed by atoms with Crippen molar-refractivity contribution in [2.24, 2.45) is 0 Å². The molecule has 0 aliphatic heterocycles. The van der Waals surface area contributed by atoms with Gasteiger partial charge in [0.25, 0.3) is 5.91 Å². The second-order valence-electron chi connectivity index (χ2n) is 3.82. The van der Waals surface area contributed by atoms with E-state index in [0.29, 0.717) is 12.0 Å². The fourth-order valence-electron chi connectivity index (χ4n) is 1.27. The molecule has 1 aromatic rings. The number of hydrogen-bond acceptors (Lipinski definition) is 3. The van der Waals surface area contributed by atoms with Crippen LogP contribution in [-0.2, 0) is 0 Å². The van der Waals surface area contributed by atoms with Gasteiger partial charge in [-0.05, 0) is 26.0 Å². The van der Waals surface area contributed by atoms with Gasteiger partial charge in [-0.25, -0.2) is 0 Å². The molecule has 0 aliphatic rings. The lowest BCUT2D eigenvalue weighted by atomic mass is 10.2. The van der Waals surface area contributed by atoms with Crippen LogP contribution in [0.5, 0.6) is 0 Å². The van der Waals surface area contributed by atoms with E-state index in [0.717, 1.165) is 5.69 Å². The highest BCUT2D eigenvalue weighted by Gasteiger charge is 2.17. The summed E-state index contributed by atoms with van der Waals surface area (Å²) in [6, 6.07) is 5.52. The number of aromatic nitrogens is 1. The quantitative estimate of drug-likeness (QED) is 0.775. The first-order valence-electron chi connectivity index (χ1n) is 5.13. The summed E-state index contributed by atoms with van der Waals surface area (Å²) >= 11 is 0. The van der Waals surface area contributed by atoms with E-state index in [2.05, 4.69) is 11.1 Å². The van der Waals surface area contributed by atoms with Gasteiger partial charge < -0.3 is 4.90 Å². The number of carbonyl (C=O) groups is 1. The number of nitriles is 1. The summed E-state index contributed by atoms with van der Waals surface area (Å²) < 4.78 is 0. The standard InChI is InChI=1S/C12H15N3O/c1-9-4-5-11(8-14-9)12(16)15(3)10(2)6-7-13/h4-5,8,10H,6H2,1-3H3. The maximum atomic E-state index is 11.9. The van der Waals surface area contributed by atoms with Crippen molar-refractivity contribution in [1.29, 1.82) is 5.26 Å². The molecule has 1 rings (SSSR count). The molecule has 1 heterocycles. The van der Waals surface area contributed by atoms with E-state index in [4.69, 9.17) is 5.26 Å². The normalized spacial score (nSPS) is 11.6. The van der Waals surface area contributed by atoms with Crippen molar-refractivity contribution >= 4 is 5.91 Å². The van der Waals surface area contributed by atoms with Gasteiger partial charge in [-0.3, -0.25) is 9.78 Å². The van der Waals surface area contributed by atoms with Crippen molar-refractivity contribution in [1.82, 2.24) is 9.88 Å². The van der Waals surface area contributed by atoms with E-state index in [1.807, 2.05) is 13.8 Å². The number of aryl methyl sites for hydroxylation is 1. The van der Waals surface area contributed by atoms with Gasteiger partial charge in [0.15, 0.2) is 0 Å². The van der Waals surface area contributed by atoms with Crippen molar-refractivity contribution in [2.45, 2.75) is 26.3 Å². The molecule has 84 valence electrons. The minimum Gasteiger partial charge on any atom is -0.338 e. The summed E-state index contributed by atoms with van der Waals surface area (Å²) in [7, 11) is 1.70. The van der Waals surface area contributed by atoms with Crippen LogP contribution in [0.25, 0.3) is 0 Å². The first-order chi connectivity index (χ1) is 7.56. The highest BCUT2D eigenvalue weighted by atomic mass is 16.2. The zero-order valence-corrected chi connectivity index (χ0v) is 9.77. The molecule has 0 spiro atoms. The van der Waals surface area contributed by atoms with Crippen LogP contribution >= 0.6 is 0 Å². The minimum atomic E-state index is -0.102. The lowest BCUT2D eigenvalue weighted by Crippen LogP contribution is -2.34. The van der Waals surface area contributed by atoms with Gasteiger partial charge in [0.1, 0.15) is 0 Å². The highest BCUT2D eigenvalue weighted by Crippen LogP contribution is 2.08. The topological polar surface area (TPSA) is 57.0 Å². The van der Waals surface area contributed by atoms with Gasteiger partial charge in [-0.2, -0.15) is 5.26 Å². The number of pyridine rings is 1. The minimum absolute atomic E-state index is 0.0844. The maximum Gasteiger partial charge on any atom is 0.255 e. The van der Waals surface area contributed by atoms with E-state index in [9.17, 15) is 4.79 Å². The molecular formula is C12H15N3O. The summed E-state index contributed by atoms with van der Waals surface area (Å²) in [6.07, 6.45) is 1.90. The van der Waals surface area contributed by atoms with Crippen LogP contribution in [0.1, 0.15) is 29.4 Å². The van der Waals surface area contributed by atoms with Crippen molar-refractivity contribution in [3.8, 4) is 6.07 Å². The van der Waals surface area contributed by atoms with E-state index in [-0.39, 0.29) is 11.9 Å². The van der Waals surface area contributed by atoms with E-state index in [1.54, 1.807) is 30.3 Å². The Labute approximate surface area is 95.5 Å². The number of carbonyl (C=O) groups excluding carboxylic acids is 1. The third-order valence-corrected chi connectivity index (χ3v) is 2.53. The molecule has 0 bridgehead atoms. The predicted molar refractivity (Wildman–Crippen MR) is 60.8 cm³/mol. The van der Waals surface area contributed by atoms with Crippen LogP contribution in [0.2, 0.25) is 0 Å². The highest BCUT2D eigenvalue weighted by molar-refractivity contribution is 5.93. The number of nitrogens with zero attached hydrogens (tertiary/aromatic N) is 3. The second kappa shape index (κ2) is 5.26. The molecule has 1 amide bonds. The molecule has 0 aliphatic carbocycles. The summed E-state index contributed by atoms with van der Waals surface area (Å²) in [4.78, 5) is 17.6. The average Bonchev–Trinajstić information content (AvgIpc) is 2.28. The zero-order chi connectivity index (χ0) is 12.1. The van der Waals surface area contributed by atoms with Gasteiger partial charge in [0, 0.05) is 25.0 Å². The third kappa shape index (κ3) is 2.80. The molecule has 0 N–H and O–H groups in total. The fourth-order valence-corrected chi connectivity index (χ4v) is 1.27. The average molecular weight is 217 g/mol. The molecule has 4 nitrogen and oxygen atoms in total. The van der Waals surface area contributed by atoms with Crippen molar-refractivity contribution in [3.05, 3.63) is 29.6 Å². The lowest BCUT2D eigenvalue weighted by Gasteiger charge is -2.22. The Morgan fingerprint density at radius 3 is 2.81 bits per heavy atom. The SMILES string of the molecule is Cc1ccc(C(=O)N(C)C(C)CC#N)cn1. The molecule has 1 unspecified atom stereocenters. The number of rotatable bonds is 3. The first-order valence-corrected chi connectivity index (χ1v) is 5.13. The lowest BCUT2D eigenvalue weighted by molar-refractivity contribution is 0.0746. The molecule has 0 saturated heterocycles. The maximum absolute atomic E-state index is 11.9. The molecule has 0 aromatic carbocycles. The number of amides is 1. The Morgan fingerprint density at radius 2 is 2.31 bits per heavy atom. The molecule has 16 heavy (non-hydrogen) atoms. The van der Waals surface area contributed by atoms with E-state index in [1.165, 1.54) is 0 Å². The Balaban J connectivity index is 2.78. The predicted octanol–water partition coefficient (Wildman–Crippen LogP) is 1.76. The monoisotopic (exact) mass is 217 g/mol. The van der Waals surface area contributed by atoms with E-state index >= 15 is 0 Å². The largest absolute Gasteiger partial charge is 0.338 e. The zero-order valence-electron chi connectivity index (χ0n) is 9.77. The van der Waals surface area contributed by atoms with Crippen molar-refractivity contribution in [2.75, 3.05) is 7.05 Å². The van der Waals surface area contributed by atoms with Crippen LogP contribution in [0.4, 0.5) is 0 Å². The van der Waals surface area contributed by atoms with Gasteiger partial charge in [-0.1, -0.05) is 0 Å². The Hall–Kier alpha value is -1.89. The Bertz CT molecular complexity index is 405. The van der Waals surface area contributed by atoms with Crippen LogP contribution in [-0.4, -0.2) is 28.9 Å². The fraction of sp³-hybridized carbons (Fsp3) is 0.417. The molecule has 0 radical (unpaired) electrons. The molecule has 0 fully saturated rings. The van der Waals surface area contributed by atoms with Gasteiger partial charge in [0.05, 0.1) is 18.1 Å². The molecule has 0 saturated carbocycles. The van der Waals surface area contributed by atoms with Crippen LogP contribution in [0.3, 0.4) is 0 Å². The first kappa shape index (κ1) is 12.2. The molecule has 1 atom stereocenters. The summed E-state index contributed by atoms with van der Waals surface area (Å²) in [5.74, 6) is -0.102. The Kier molecular flexibility index (Phi) is 4.01. The van der Waals surface area contributed by atoms with Gasteiger partial charge in [-0.15, -0.1) is 0 Å². The molecule has 1 aromatic heterocycles. The van der Waals surface area contributed by atoms with Crippen LogP contribution in [0.15, 0.2) is 18.3 Å². The van der Waals surface area contributed by atoms with Crippen LogP contribution in [0, 0.1) is 18.3 Å². The van der Waals surface area contributed by atoms with Crippen LogP contribution < -0.4 is 0 Å². The van der Waals surface area contributed by atoms with Crippen molar-refractivity contribution < 1.29 is 4.79 Å². The Morgan fingerprint density at radius 1 is 1.62 bits per heavy atom. The summed E-state index contributed by atoms with van der Waals surface area (Å²) in [6.45, 7) is 3.72. The van der Waals surface area contributed by atoms with E-state index < -0.39 is 0 Å². The summed E-state index contributed by atoms with van der Waals surface area (Å²) in [5, 5.41) is 8.57. The van der Waals surface area contributed by atoms with Crippen molar-refractivity contribution in [3.63, 3.8) is 0 Å². The summed E-state index contributed by atoms with van der Waals surface area (Å²) in [5.41, 5.74) is 1.43. The smallest absolute Gasteiger partial charge is 0.255 e. The van der Waals surface area contributed by atoms with Gasteiger partial charge >= 0.3 is 0 Å².